The molecule has 0 amide bonds. The van der Waals surface area contributed by atoms with E-state index >= 15 is 0 Å². The fraction of sp³-hybridized carbons (Fsp3) is 0.167. The van der Waals surface area contributed by atoms with Crippen LogP contribution in [0.4, 0.5) is 16.5 Å². The number of benzene rings is 2. The molecule has 1 heterocycles. The third kappa shape index (κ3) is 5.78. The molecule has 1 aromatic heterocycles. The van der Waals surface area contributed by atoms with Crippen LogP contribution in [0.1, 0.15) is 17.3 Å². The summed E-state index contributed by atoms with van der Waals surface area (Å²) in [5, 5.41) is 11.7. The number of carbonyl (C=O) groups excluding carboxylic acids is 1. The van der Waals surface area contributed by atoms with Gasteiger partial charge in [-0.25, -0.2) is 8.42 Å². The van der Waals surface area contributed by atoms with E-state index in [0.717, 1.165) is 11.9 Å². The lowest BCUT2D eigenvalue weighted by atomic mass is 10.1. The number of nitrogens with zero attached hydrogens (tertiary/aromatic N) is 2. The minimum atomic E-state index is -3.35. The lowest BCUT2D eigenvalue weighted by molar-refractivity contribution is 0.0994. The summed E-state index contributed by atoms with van der Waals surface area (Å²) in [6, 6.07) is 16.0. The molecular weight excluding hydrogens is 416 g/mol. The number of hydrogen-bond acceptors (Lipinski definition) is 8. The van der Waals surface area contributed by atoms with Gasteiger partial charge in [0.2, 0.25) is 15.2 Å². The zero-order valence-corrected chi connectivity index (χ0v) is 17.6. The van der Waals surface area contributed by atoms with Crippen LogP contribution in [-0.2, 0) is 10.0 Å². The number of sulfonamides is 1. The maximum atomic E-state index is 12.6. The highest BCUT2D eigenvalue weighted by Crippen LogP contribution is 2.31. The predicted molar refractivity (Wildman–Crippen MR) is 114 cm³/mol. The van der Waals surface area contributed by atoms with Crippen LogP contribution in [0.2, 0.25) is 0 Å². The summed E-state index contributed by atoms with van der Waals surface area (Å²) in [4.78, 5) is 12.6. The third-order valence-electron chi connectivity index (χ3n) is 3.55. The number of rotatable bonds is 8. The second kappa shape index (κ2) is 8.72. The average Bonchev–Trinajstić information content (AvgIpc) is 3.08. The summed E-state index contributed by atoms with van der Waals surface area (Å²) < 4.78 is 25.6. The number of anilines is 3. The lowest BCUT2D eigenvalue weighted by Crippen LogP contribution is -2.14. The number of thioether (sulfide) groups is 1. The quantitative estimate of drug-likeness (QED) is 0.408. The summed E-state index contributed by atoms with van der Waals surface area (Å²) >= 11 is 2.71. The number of hydrogen-bond donors (Lipinski definition) is 2. The molecule has 7 nitrogen and oxygen atoms in total. The minimum Gasteiger partial charge on any atom is -0.330 e. The fourth-order valence-electron chi connectivity index (χ4n) is 2.31. The monoisotopic (exact) mass is 434 g/mol. The van der Waals surface area contributed by atoms with Crippen molar-refractivity contribution in [2.75, 3.05) is 16.3 Å². The molecule has 28 heavy (non-hydrogen) atoms. The second-order valence-corrected chi connectivity index (χ2v) is 10.3. The highest BCUT2D eigenvalue weighted by Gasteiger charge is 2.19. The van der Waals surface area contributed by atoms with Gasteiger partial charge in [0.05, 0.1) is 11.5 Å². The molecule has 0 aliphatic rings. The van der Waals surface area contributed by atoms with Gasteiger partial charge >= 0.3 is 0 Å². The Kier molecular flexibility index (Phi) is 6.32. The highest BCUT2D eigenvalue weighted by atomic mass is 32.2. The van der Waals surface area contributed by atoms with Gasteiger partial charge in [-0.1, -0.05) is 41.3 Å². The molecule has 3 rings (SSSR count). The normalized spacial score (nSPS) is 12.4. The van der Waals surface area contributed by atoms with Crippen molar-refractivity contribution in [2.45, 2.75) is 16.5 Å². The van der Waals surface area contributed by atoms with Crippen LogP contribution >= 0.6 is 23.1 Å². The number of aromatic nitrogens is 2. The second-order valence-electron chi connectivity index (χ2n) is 5.94. The molecule has 0 saturated carbocycles. The maximum Gasteiger partial charge on any atom is 0.229 e. The molecule has 146 valence electrons. The van der Waals surface area contributed by atoms with E-state index in [4.69, 9.17) is 0 Å². The van der Waals surface area contributed by atoms with Crippen LogP contribution in [0, 0.1) is 0 Å². The summed E-state index contributed by atoms with van der Waals surface area (Å²) in [6.45, 7) is 1.81. The number of nitrogens with one attached hydrogen (secondary N) is 2. The molecule has 10 heteroatoms. The SMILES string of the molecule is C[C@@H](Sc1nnc(Nc2ccccc2)s1)C(=O)c1ccc(NS(C)(=O)=O)cc1. The molecule has 2 aromatic carbocycles. The first-order valence-corrected chi connectivity index (χ1v) is 11.8. The Morgan fingerprint density at radius 3 is 2.36 bits per heavy atom. The standard InChI is InChI=1S/C18H18N4O3S3/c1-12(16(23)13-8-10-15(11-9-13)22-28(2,24)25)26-18-21-20-17(27-18)19-14-6-4-3-5-7-14/h3-12,22H,1-2H3,(H,19,20)/t12-/m1/s1. The van der Waals surface area contributed by atoms with Gasteiger partial charge in [0.1, 0.15) is 0 Å². The van der Waals surface area contributed by atoms with Crippen LogP contribution in [0.25, 0.3) is 0 Å². The van der Waals surface area contributed by atoms with Crippen molar-refractivity contribution in [1.29, 1.82) is 0 Å². The number of para-hydroxylation sites is 1. The van der Waals surface area contributed by atoms with Crippen molar-refractivity contribution in [2.24, 2.45) is 0 Å². The van der Waals surface area contributed by atoms with E-state index in [0.29, 0.717) is 20.7 Å². The number of carbonyl (C=O) groups is 1. The van der Waals surface area contributed by atoms with Gasteiger partial charge in [-0.15, -0.1) is 10.2 Å². The first-order chi connectivity index (χ1) is 13.3. The topological polar surface area (TPSA) is 101 Å². The van der Waals surface area contributed by atoms with Crippen molar-refractivity contribution < 1.29 is 13.2 Å². The zero-order chi connectivity index (χ0) is 20.1. The molecule has 0 aliphatic heterocycles. The van der Waals surface area contributed by atoms with Gasteiger partial charge in [-0.2, -0.15) is 0 Å². The molecule has 0 unspecified atom stereocenters. The smallest absolute Gasteiger partial charge is 0.229 e. The molecule has 0 spiro atoms. The average molecular weight is 435 g/mol. The van der Waals surface area contributed by atoms with Gasteiger partial charge in [-0.05, 0) is 43.3 Å². The predicted octanol–water partition coefficient (Wildman–Crippen LogP) is 4.02. The van der Waals surface area contributed by atoms with Crippen molar-refractivity contribution >= 4 is 55.4 Å². The van der Waals surface area contributed by atoms with E-state index in [2.05, 4.69) is 20.2 Å². The zero-order valence-electron chi connectivity index (χ0n) is 15.1. The highest BCUT2D eigenvalue weighted by molar-refractivity contribution is 8.02. The summed E-state index contributed by atoms with van der Waals surface area (Å²) in [5.41, 5.74) is 1.84. The van der Waals surface area contributed by atoms with Crippen molar-refractivity contribution in [3.8, 4) is 0 Å². The summed E-state index contributed by atoms with van der Waals surface area (Å²) in [5.74, 6) is -0.0660. The summed E-state index contributed by atoms with van der Waals surface area (Å²) in [6.07, 6.45) is 1.08. The van der Waals surface area contributed by atoms with Gasteiger partial charge in [0.25, 0.3) is 0 Å². The number of Topliss-reactive ketones (excluding diaryl/α,β-unsaturated/α-hetero) is 1. The molecule has 2 N–H and O–H groups in total. The largest absolute Gasteiger partial charge is 0.330 e. The lowest BCUT2D eigenvalue weighted by Gasteiger charge is -2.09. The summed E-state index contributed by atoms with van der Waals surface area (Å²) in [7, 11) is -3.35. The van der Waals surface area contributed by atoms with Crippen LogP contribution in [0.5, 0.6) is 0 Å². The van der Waals surface area contributed by atoms with Crippen LogP contribution in [0.3, 0.4) is 0 Å². The Balaban J connectivity index is 1.61. The molecule has 0 saturated heterocycles. The fourth-order valence-corrected chi connectivity index (χ4v) is 4.87. The Bertz CT molecular complexity index is 1050. The van der Waals surface area contributed by atoms with Crippen LogP contribution < -0.4 is 10.0 Å². The van der Waals surface area contributed by atoms with Gasteiger partial charge in [0, 0.05) is 16.9 Å². The van der Waals surface area contributed by atoms with Crippen LogP contribution in [0.15, 0.2) is 58.9 Å². The Labute approximate surface area is 171 Å². The Morgan fingerprint density at radius 1 is 1.04 bits per heavy atom. The van der Waals surface area contributed by atoms with E-state index in [1.54, 1.807) is 31.2 Å². The third-order valence-corrected chi connectivity index (χ3v) is 6.18. The minimum absolute atomic E-state index is 0.0660. The van der Waals surface area contributed by atoms with E-state index in [-0.39, 0.29) is 11.0 Å². The van der Waals surface area contributed by atoms with Crippen molar-refractivity contribution in [3.05, 3.63) is 60.2 Å². The van der Waals surface area contributed by atoms with E-state index < -0.39 is 10.0 Å². The molecule has 0 radical (unpaired) electrons. The van der Waals surface area contributed by atoms with Crippen molar-refractivity contribution in [3.63, 3.8) is 0 Å². The number of ketones is 1. The Morgan fingerprint density at radius 2 is 1.71 bits per heavy atom. The molecule has 0 bridgehead atoms. The van der Waals surface area contributed by atoms with E-state index in [1.807, 2.05) is 30.3 Å². The first kappa shape index (κ1) is 20.3. The Hall–Kier alpha value is -2.43. The van der Waals surface area contributed by atoms with E-state index in [1.165, 1.54) is 23.1 Å². The van der Waals surface area contributed by atoms with Gasteiger partial charge in [-0.3, -0.25) is 9.52 Å². The van der Waals surface area contributed by atoms with Gasteiger partial charge < -0.3 is 5.32 Å². The molecule has 0 aliphatic carbocycles. The van der Waals surface area contributed by atoms with Crippen molar-refractivity contribution in [1.82, 2.24) is 10.2 Å². The van der Waals surface area contributed by atoms with Crippen LogP contribution in [-0.4, -0.2) is 35.9 Å². The molecular formula is C18H18N4O3S3. The van der Waals surface area contributed by atoms with Gasteiger partial charge in [0.15, 0.2) is 10.1 Å². The molecule has 3 aromatic rings. The first-order valence-electron chi connectivity index (χ1n) is 8.24. The molecule has 0 fully saturated rings. The molecule has 1 atom stereocenters. The van der Waals surface area contributed by atoms with E-state index in [9.17, 15) is 13.2 Å². The maximum absolute atomic E-state index is 12.6.